The van der Waals surface area contributed by atoms with Crippen molar-refractivity contribution in [2.45, 2.75) is 32.3 Å². The molecule has 0 saturated heterocycles. The summed E-state index contributed by atoms with van der Waals surface area (Å²) in [6, 6.07) is 3.73. The first kappa shape index (κ1) is 19.3. The van der Waals surface area contributed by atoms with Crippen molar-refractivity contribution in [3.63, 3.8) is 0 Å². The molecule has 2 atom stereocenters. The molecule has 8 nitrogen and oxygen atoms in total. The monoisotopic (exact) mass is 388 g/mol. The van der Waals surface area contributed by atoms with Crippen molar-refractivity contribution >= 4 is 11.8 Å². The van der Waals surface area contributed by atoms with Crippen LogP contribution in [-0.4, -0.2) is 45.4 Å². The molecule has 0 aromatic heterocycles. The van der Waals surface area contributed by atoms with Crippen LogP contribution in [0.4, 0.5) is 0 Å². The van der Waals surface area contributed by atoms with Crippen molar-refractivity contribution < 1.29 is 39.5 Å². The van der Waals surface area contributed by atoms with E-state index in [4.69, 9.17) is 9.47 Å². The molecule has 0 aliphatic carbocycles. The SMILES string of the molecule is COc1c(O)cc2c(c1O)C(=O)O[C@@H](C)[C@H]2c1c(O)cc(O)cc1CC(C)=O. The van der Waals surface area contributed by atoms with Crippen molar-refractivity contribution in [1.82, 2.24) is 0 Å². The number of aromatic hydroxyl groups is 4. The third-order valence-corrected chi connectivity index (χ3v) is 4.75. The Morgan fingerprint density at radius 3 is 2.43 bits per heavy atom. The number of benzene rings is 2. The smallest absolute Gasteiger partial charge is 0.342 e. The molecule has 148 valence electrons. The van der Waals surface area contributed by atoms with Gasteiger partial charge in [0.1, 0.15) is 28.9 Å². The van der Waals surface area contributed by atoms with E-state index in [2.05, 4.69) is 0 Å². The highest BCUT2D eigenvalue weighted by molar-refractivity contribution is 5.97. The van der Waals surface area contributed by atoms with Crippen LogP contribution in [0.1, 0.15) is 46.8 Å². The molecule has 2 aromatic rings. The summed E-state index contributed by atoms with van der Waals surface area (Å²) >= 11 is 0. The van der Waals surface area contributed by atoms with Crippen molar-refractivity contribution in [2.75, 3.05) is 7.11 Å². The Labute approximate surface area is 160 Å². The number of ketones is 1. The van der Waals surface area contributed by atoms with Crippen LogP contribution in [0.2, 0.25) is 0 Å². The van der Waals surface area contributed by atoms with E-state index in [1.807, 2.05) is 0 Å². The quantitative estimate of drug-likeness (QED) is 0.587. The van der Waals surface area contributed by atoms with Gasteiger partial charge in [-0.3, -0.25) is 4.79 Å². The lowest BCUT2D eigenvalue weighted by Gasteiger charge is -2.33. The van der Waals surface area contributed by atoms with Gasteiger partial charge in [0.05, 0.1) is 13.0 Å². The molecule has 4 N–H and O–H groups in total. The summed E-state index contributed by atoms with van der Waals surface area (Å²) in [5, 5.41) is 41.0. The van der Waals surface area contributed by atoms with Crippen molar-refractivity contribution in [2.24, 2.45) is 0 Å². The fraction of sp³-hybridized carbons (Fsp3) is 0.300. The van der Waals surface area contributed by atoms with E-state index in [0.717, 1.165) is 6.07 Å². The molecular formula is C20H20O8. The molecule has 2 aromatic carbocycles. The minimum atomic E-state index is -0.805. The summed E-state index contributed by atoms with van der Waals surface area (Å²) in [6.07, 6.45) is -0.855. The van der Waals surface area contributed by atoms with Crippen molar-refractivity contribution in [3.8, 4) is 28.7 Å². The Morgan fingerprint density at radius 2 is 1.82 bits per heavy atom. The lowest BCUT2D eigenvalue weighted by molar-refractivity contribution is -0.116. The molecule has 0 unspecified atom stereocenters. The number of carbonyl (C=O) groups excluding carboxylic acids is 2. The fourth-order valence-corrected chi connectivity index (χ4v) is 3.71. The number of rotatable bonds is 4. The van der Waals surface area contributed by atoms with Crippen molar-refractivity contribution in [1.29, 1.82) is 0 Å². The Bertz CT molecular complexity index is 979. The highest BCUT2D eigenvalue weighted by atomic mass is 16.5. The van der Waals surface area contributed by atoms with Crippen LogP contribution in [0, 0.1) is 0 Å². The first-order valence-electron chi connectivity index (χ1n) is 8.53. The molecule has 0 bridgehead atoms. The zero-order chi connectivity index (χ0) is 20.7. The predicted octanol–water partition coefficient (Wildman–Crippen LogP) is 2.34. The number of methoxy groups -OCH3 is 1. The molecular weight excluding hydrogens is 368 g/mol. The number of fused-ring (bicyclic) bond motifs is 1. The van der Waals surface area contributed by atoms with E-state index >= 15 is 0 Å². The Balaban J connectivity index is 2.32. The minimum Gasteiger partial charge on any atom is -0.508 e. The van der Waals surface area contributed by atoms with Gasteiger partial charge in [0.2, 0.25) is 5.75 Å². The van der Waals surface area contributed by atoms with E-state index in [1.165, 1.54) is 26.2 Å². The summed E-state index contributed by atoms with van der Waals surface area (Å²) in [7, 11) is 1.23. The van der Waals surface area contributed by atoms with Gasteiger partial charge in [-0.15, -0.1) is 0 Å². The van der Waals surface area contributed by atoms with Crippen molar-refractivity contribution in [3.05, 3.63) is 40.5 Å². The zero-order valence-electron chi connectivity index (χ0n) is 15.5. The largest absolute Gasteiger partial charge is 0.508 e. The predicted molar refractivity (Wildman–Crippen MR) is 97.2 cm³/mol. The van der Waals surface area contributed by atoms with Gasteiger partial charge in [-0.1, -0.05) is 0 Å². The molecule has 3 rings (SSSR count). The number of cyclic esters (lactones) is 1. The van der Waals surface area contributed by atoms with E-state index < -0.39 is 29.5 Å². The first-order chi connectivity index (χ1) is 13.1. The highest BCUT2D eigenvalue weighted by Gasteiger charge is 2.40. The summed E-state index contributed by atoms with van der Waals surface area (Å²) < 4.78 is 10.3. The van der Waals surface area contributed by atoms with Gasteiger partial charge in [-0.05, 0) is 37.1 Å². The number of phenolic OH excluding ortho intramolecular Hbond substituents is 4. The van der Waals surface area contributed by atoms with Crippen LogP contribution in [-0.2, 0) is 16.0 Å². The molecule has 28 heavy (non-hydrogen) atoms. The van der Waals surface area contributed by atoms with Gasteiger partial charge in [-0.25, -0.2) is 4.79 Å². The number of phenols is 4. The van der Waals surface area contributed by atoms with Crippen LogP contribution in [0.15, 0.2) is 18.2 Å². The molecule has 1 aliphatic rings. The summed E-state index contributed by atoms with van der Waals surface area (Å²) in [4.78, 5) is 24.1. The van der Waals surface area contributed by atoms with Gasteiger partial charge in [0.15, 0.2) is 11.5 Å². The van der Waals surface area contributed by atoms with Crippen LogP contribution in [0.25, 0.3) is 0 Å². The maximum atomic E-state index is 12.4. The highest BCUT2D eigenvalue weighted by Crippen LogP contribution is 2.50. The average molecular weight is 388 g/mol. The molecule has 1 heterocycles. The number of esters is 1. The standard InChI is InChI=1S/C20H20O8/c1-8(21)4-10-5-11(22)6-13(23)16(10)15-9(2)28-20(26)17-12(15)7-14(24)19(27-3)18(17)25/h5-7,9,15,22-25H,4H2,1-3H3/t9-,15+/m0/s1. The number of hydrogen-bond donors (Lipinski definition) is 4. The molecule has 0 saturated carbocycles. The maximum absolute atomic E-state index is 12.4. The lowest BCUT2D eigenvalue weighted by atomic mass is 9.79. The number of hydrogen-bond acceptors (Lipinski definition) is 8. The van der Waals surface area contributed by atoms with Crippen LogP contribution < -0.4 is 4.74 Å². The molecule has 0 radical (unpaired) electrons. The van der Waals surface area contributed by atoms with E-state index in [-0.39, 0.29) is 46.1 Å². The normalized spacial score (nSPS) is 18.3. The molecule has 0 amide bonds. The van der Waals surface area contributed by atoms with Crippen LogP contribution >= 0.6 is 0 Å². The second kappa shape index (κ2) is 6.95. The average Bonchev–Trinajstić information content (AvgIpc) is 2.55. The second-order valence-corrected chi connectivity index (χ2v) is 6.75. The van der Waals surface area contributed by atoms with Gasteiger partial charge in [-0.2, -0.15) is 0 Å². The number of ether oxygens (including phenoxy) is 2. The first-order valence-corrected chi connectivity index (χ1v) is 8.53. The topological polar surface area (TPSA) is 134 Å². The molecule has 1 aliphatic heterocycles. The Hall–Kier alpha value is -3.42. The molecule has 0 fully saturated rings. The van der Waals surface area contributed by atoms with Gasteiger partial charge < -0.3 is 29.9 Å². The van der Waals surface area contributed by atoms with Gasteiger partial charge in [0, 0.05) is 18.1 Å². The maximum Gasteiger partial charge on any atom is 0.342 e. The summed E-state index contributed by atoms with van der Waals surface area (Å²) in [5.41, 5.74) is 0.628. The second-order valence-electron chi connectivity index (χ2n) is 6.75. The third kappa shape index (κ3) is 3.06. The lowest BCUT2D eigenvalue weighted by Crippen LogP contribution is -2.31. The summed E-state index contributed by atoms with van der Waals surface area (Å²) in [5.74, 6) is -3.57. The van der Waals surface area contributed by atoms with E-state index in [1.54, 1.807) is 6.92 Å². The fourth-order valence-electron chi connectivity index (χ4n) is 3.71. The van der Waals surface area contributed by atoms with Gasteiger partial charge in [0.25, 0.3) is 0 Å². The number of carbonyl (C=O) groups is 2. The van der Waals surface area contributed by atoms with E-state index in [9.17, 15) is 30.0 Å². The number of Topliss-reactive ketones (excluding diaryl/α,β-unsaturated/α-hetero) is 1. The Kier molecular flexibility index (Phi) is 4.80. The molecule has 0 spiro atoms. The third-order valence-electron chi connectivity index (χ3n) is 4.75. The zero-order valence-corrected chi connectivity index (χ0v) is 15.5. The molecule has 8 heteroatoms. The Morgan fingerprint density at radius 1 is 1.14 bits per heavy atom. The van der Waals surface area contributed by atoms with Gasteiger partial charge >= 0.3 is 5.97 Å². The van der Waals surface area contributed by atoms with Crippen LogP contribution in [0.5, 0.6) is 28.7 Å². The van der Waals surface area contributed by atoms with Crippen LogP contribution in [0.3, 0.4) is 0 Å². The van der Waals surface area contributed by atoms with E-state index in [0.29, 0.717) is 5.56 Å². The minimum absolute atomic E-state index is 0.0715. The summed E-state index contributed by atoms with van der Waals surface area (Å²) in [6.45, 7) is 2.96.